The lowest BCUT2D eigenvalue weighted by Gasteiger charge is -2.14. The van der Waals surface area contributed by atoms with Gasteiger partial charge >= 0.3 is 5.97 Å². The van der Waals surface area contributed by atoms with Crippen molar-refractivity contribution in [1.29, 1.82) is 0 Å². The van der Waals surface area contributed by atoms with Crippen LogP contribution in [0.25, 0.3) is 0 Å². The Morgan fingerprint density at radius 2 is 1.90 bits per heavy atom. The van der Waals surface area contributed by atoms with E-state index in [-0.39, 0.29) is 5.82 Å². The number of carboxylic acids is 1. The number of rotatable bonds is 4. The molecule has 2 aromatic rings. The standard InChI is InChI=1S/C16H14BrFO2/c1-10-8-14(18)7-4-12(10)9-15(16(19)20)11-2-5-13(17)6-3-11/h2-8,15H,9H2,1H3,(H,19,20). The first-order valence-corrected chi connectivity index (χ1v) is 7.00. The van der Waals surface area contributed by atoms with Gasteiger partial charge in [0.05, 0.1) is 5.92 Å². The summed E-state index contributed by atoms with van der Waals surface area (Å²) in [6.07, 6.45) is 0.350. The van der Waals surface area contributed by atoms with E-state index < -0.39 is 11.9 Å². The summed E-state index contributed by atoms with van der Waals surface area (Å²) in [5.74, 6) is -1.81. The van der Waals surface area contributed by atoms with Gasteiger partial charge in [0.2, 0.25) is 0 Å². The molecule has 2 aromatic carbocycles. The minimum atomic E-state index is -0.879. The Morgan fingerprint density at radius 3 is 2.45 bits per heavy atom. The topological polar surface area (TPSA) is 37.3 Å². The number of hydrogen-bond acceptors (Lipinski definition) is 1. The van der Waals surface area contributed by atoms with Crippen LogP contribution in [0.5, 0.6) is 0 Å². The summed E-state index contributed by atoms with van der Waals surface area (Å²) in [6.45, 7) is 1.79. The average molecular weight is 337 g/mol. The molecule has 2 rings (SSSR count). The van der Waals surface area contributed by atoms with Gasteiger partial charge in [-0.05, 0) is 54.3 Å². The second kappa shape index (κ2) is 6.18. The van der Waals surface area contributed by atoms with Gasteiger partial charge in [-0.15, -0.1) is 0 Å². The number of aliphatic carboxylic acids is 1. The van der Waals surface area contributed by atoms with Crippen LogP contribution in [0, 0.1) is 12.7 Å². The van der Waals surface area contributed by atoms with Gasteiger partial charge in [0.15, 0.2) is 0 Å². The molecule has 0 heterocycles. The van der Waals surface area contributed by atoms with Crippen LogP contribution < -0.4 is 0 Å². The molecule has 1 atom stereocenters. The fraction of sp³-hybridized carbons (Fsp3) is 0.188. The first-order chi connectivity index (χ1) is 9.47. The lowest BCUT2D eigenvalue weighted by Crippen LogP contribution is -2.15. The van der Waals surface area contributed by atoms with Crippen LogP contribution in [0.4, 0.5) is 4.39 Å². The van der Waals surface area contributed by atoms with Gasteiger partial charge in [-0.3, -0.25) is 4.79 Å². The molecular formula is C16H14BrFO2. The van der Waals surface area contributed by atoms with Crippen LogP contribution in [0.15, 0.2) is 46.9 Å². The third kappa shape index (κ3) is 3.45. The zero-order valence-electron chi connectivity index (χ0n) is 10.9. The van der Waals surface area contributed by atoms with Gasteiger partial charge in [-0.1, -0.05) is 34.1 Å². The van der Waals surface area contributed by atoms with E-state index in [0.29, 0.717) is 6.42 Å². The first kappa shape index (κ1) is 14.7. The predicted octanol–water partition coefficient (Wildman–Crippen LogP) is 4.31. The van der Waals surface area contributed by atoms with Crippen LogP contribution in [0.1, 0.15) is 22.6 Å². The largest absolute Gasteiger partial charge is 0.481 e. The molecule has 0 saturated carbocycles. The third-order valence-corrected chi connectivity index (χ3v) is 3.83. The summed E-state index contributed by atoms with van der Waals surface area (Å²) in [6, 6.07) is 11.7. The summed E-state index contributed by atoms with van der Waals surface area (Å²) in [4.78, 5) is 11.5. The molecule has 20 heavy (non-hydrogen) atoms. The summed E-state index contributed by atoms with van der Waals surface area (Å²) in [5, 5.41) is 9.42. The molecule has 4 heteroatoms. The maximum atomic E-state index is 13.1. The van der Waals surface area contributed by atoms with Gasteiger partial charge in [0.1, 0.15) is 5.82 Å². The number of carboxylic acid groups (broad SMARTS) is 1. The quantitative estimate of drug-likeness (QED) is 0.903. The zero-order valence-corrected chi connectivity index (χ0v) is 12.5. The lowest BCUT2D eigenvalue weighted by molar-refractivity contribution is -0.138. The SMILES string of the molecule is Cc1cc(F)ccc1CC(C(=O)O)c1ccc(Br)cc1. The Hall–Kier alpha value is -1.68. The van der Waals surface area contributed by atoms with E-state index >= 15 is 0 Å². The Morgan fingerprint density at radius 1 is 1.25 bits per heavy atom. The van der Waals surface area contributed by atoms with Crippen LogP contribution in [0.3, 0.4) is 0 Å². The maximum Gasteiger partial charge on any atom is 0.311 e. The van der Waals surface area contributed by atoms with Crippen molar-refractivity contribution in [1.82, 2.24) is 0 Å². The molecular weight excluding hydrogens is 323 g/mol. The van der Waals surface area contributed by atoms with Crippen molar-refractivity contribution in [2.75, 3.05) is 0 Å². The van der Waals surface area contributed by atoms with E-state index in [1.54, 1.807) is 25.1 Å². The molecule has 0 radical (unpaired) electrons. The first-order valence-electron chi connectivity index (χ1n) is 6.20. The summed E-state index contributed by atoms with van der Waals surface area (Å²) < 4.78 is 14.0. The fourth-order valence-corrected chi connectivity index (χ4v) is 2.42. The smallest absolute Gasteiger partial charge is 0.311 e. The van der Waals surface area contributed by atoms with Crippen molar-refractivity contribution in [3.05, 3.63) is 69.4 Å². The van der Waals surface area contributed by atoms with Crippen molar-refractivity contribution in [2.24, 2.45) is 0 Å². The molecule has 2 nitrogen and oxygen atoms in total. The number of aryl methyl sites for hydroxylation is 1. The van der Waals surface area contributed by atoms with Crippen molar-refractivity contribution >= 4 is 21.9 Å². The Kier molecular flexibility index (Phi) is 4.55. The highest BCUT2D eigenvalue weighted by atomic mass is 79.9. The Bertz CT molecular complexity index is 623. The molecule has 0 saturated heterocycles. The van der Waals surface area contributed by atoms with Gasteiger partial charge < -0.3 is 5.11 Å². The minimum Gasteiger partial charge on any atom is -0.481 e. The highest BCUT2D eigenvalue weighted by molar-refractivity contribution is 9.10. The van der Waals surface area contributed by atoms with Gasteiger partial charge in [-0.25, -0.2) is 4.39 Å². The summed E-state index contributed by atoms with van der Waals surface area (Å²) in [5.41, 5.74) is 2.36. The van der Waals surface area contributed by atoms with E-state index in [4.69, 9.17) is 0 Å². The number of carbonyl (C=O) groups is 1. The second-order valence-corrected chi connectivity index (χ2v) is 5.63. The molecule has 0 fully saturated rings. The van der Waals surface area contributed by atoms with Gasteiger partial charge in [0.25, 0.3) is 0 Å². The maximum absolute atomic E-state index is 13.1. The fourth-order valence-electron chi connectivity index (χ4n) is 2.15. The van der Waals surface area contributed by atoms with E-state index in [2.05, 4.69) is 15.9 Å². The summed E-state index contributed by atoms with van der Waals surface area (Å²) in [7, 11) is 0. The number of halogens is 2. The monoisotopic (exact) mass is 336 g/mol. The predicted molar refractivity (Wildman–Crippen MR) is 79.4 cm³/mol. The van der Waals surface area contributed by atoms with Crippen LogP contribution in [0.2, 0.25) is 0 Å². The molecule has 0 aromatic heterocycles. The molecule has 0 aliphatic heterocycles. The molecule has 1 N–H and O–H groups in total. The Labute approximate surface area is 125 Å². The minimum absolute atomic E-state index is 0.304. The molecule has 0 aliphatic carbocycles. The normalized spacial score (nSPS) is 12.2. The molecule has 0 bridgehead atoms. The van der Waals surface area contributed by atoms with E-state index in [1.165, 1.54) is 12.1 Å². The van der Waals surface area contributed by atoms with Crippen molar-refractivity contribution in [3.63, 3.8) is 0 Å². The zero-order chi connectivity index (χ0) is 14.7. The number of hydrogen-bond donors (Lipinski definition) is 1. The lowest BCUT2D eigenvalue weighted by atomic mass is 9.90. The average Bonchev–Trinajstić information content (AvgIpc) is 2.39. The van der Waals surface area contributed by atoms with E-state index in [9.17, 15) is 14.3 Å². The van der Waals surface area contributed by atoms with E-state index in [1.807, 2.05) is 12.1 Å². The highest BCUT2D eigenvalue weighted by Crippen LogP contribution is 2.25. The highest BCUT2D eigenvalue weighted by Gasteiger charge is 2.21. The van der Waals surface area contributed by atoms with Crippen molar-refractivity contribution in [3.8, 4) is 0 Å². The van der Waals surface area contributed by atoms with Gasteiger partial charge in [-0.2, -0.15) is 0 Å². The van der Waals surface area contributed by atoms with Crippen LogP contribution >= 0.6 is 15.9 Å². The van der Waals surface area contributed by atoms with Crippen molar-refractivity contribution < 1.29 is 14.3 Å². The molecule has 0 aliphatic rings. The second-order valence-electron chi connectivity index (χ2n) is 4.72. The van der Waals surface area contributed by atoms with Crippen LogP contribution in [-0.4, -0.2) is 11.1 Å². The molecule has 0 amide bonds. The Balaban J connectivity index is 2.30. The summed E-state index contributed by atoms with van der Waals surface area (Å²) >= 11 is 3.33. The molecule has 1 unspecified atom stereocenters. The van der Waals surface area contributed by atoms with Gasteiger partial charge in [0, 0.05) is 4.47 Å². The number of benzene rings is 2. The van der Waals surface area contributed by atoms with E-state index in [0.717, 1.165) is 21.2 Å². The van der Waals surface area contributed by atoms with Crippen LogP contribution in [-0.2, 0) is 11.2 Å². The molecule has 104 valence electrons. The molecule has 0 spiro atoms. The third-order valence-electron chi connectivity index (χ3n) is 3.30. The van der Waals surface area contributed by atoms with Crippen molar-refractivity contribution in [2.45, 2.75) is 19.3 Å².